The minimum atomic E-state index is -0.726. The van der Waals surface area contributed by atoms with Gasteiger partial charge in [-0.1, -0.05) is 0 Å². The first-order valence-electron chi connectivity index (χ1n) is 7.58. The second-order valence-electron chi connectivity index (χ2n) is 5.49. The summed E-state index contributed by atoms with van der Waals surface area (Å²) < 4.78 is 20.7. The van der Waals surface area contributed by atoms with Crippen molar-refractivity contribution in [3.8, 4) is 51.6 Å². The Balaban J connectivity index is 2.42. The quantitative estimate of drug-likeness (QED) is 0.505. The van der Waals surface area contributed by atoms with Gasteiger partial charge in [-0.05, 0) is 12.1 Å². The molecule has 0 atom stereocenters. The lowest BCUT2D eigenvalue weighted by Crippen LogP contribution is -2.08. The highest BCUT2D eigenvalue weighted by Gasteiger charge is 2.24. The van der Waals surface area contributed by atoms with E-state index in [4.69, 9.17) is 18.6 Å². The fourth-order valence-corrected chi connectivity index (χ4v) is 2.74. The molecule has 0 saturated carbocycles. The van der Waals surface area contributed by atoms with E-state index in [2.05, 4.69) is 0 Å². The van der Waals surface area contributed by atoms with Crippen LogP contribution < -0.4 is 19.6 Å². The summed E-state index contributed by atoms with van der Waals surface area (Å²) in [4.78, 5) is 12.8. The molecule has 0 aliphatic carbocycles. The fraction of sp³-hybridized carbons (Fsp3) is 0.167. The Kier molecular flexibility index (Phi) is 4.36. The Morgan fingerprint density at radius 2 is 1.48 bits per heavy atom. The topological polar surface area (TPSA) is 139 Å². The molecule has 0 radical (unpaired) electrons. The van der Waals surface area contributed by atoms with Gasteiger partial charge in [0.25, 0.3) is 0 Å². The van der Waals surface area contributed by atoms with Crippen molar-refractivity contribution in [2.45, 2.75) is 0 Å². The van der Waals surface area contributed by atoms with E-state index in [-0.39, 0.29) is 39.5 Å². The Morgan fingerprint density at radius 1 is 0.815 bits per heavy atom. The Labute approximate surface area is 152 Å². The number of methoxy groups -OCH3 is 3. The summed E-state index contributed by atoms with van der Waals surface area (Å²) in [7, 11) is 3.74. The molecular formula is C18H16O9. The van der Waals surface area contributed by atoms with Crippen molar-refractivity contribution in [2.24, 2.45) is 0 Å². The van der Waals surface area contributed by atoms with Gasteiger partial charge in [0.05, 0.1) is 21.3 Å². The molecule has 3 rings (SSSR count). The van der Waals surface area contributed by atoms with Crippen molar-refractivity contribution in [3.63, 3.8) is 0 Å². The van der Waals surface area contributed by atoms with Gasteiger partial charge in [-0.2, -0.15) is 0 Å². The van der Waals surface area contributed by atoms with E-state index < -0.39 is 28.4 Å². The second-order valence-corrected chi connectivity index (χ2v) is 5.49. The van der Waals surface area contributed by atoms with Gasteiger partial charge in [0.15, 0.2) is 28.8 Å². The smallest absolute Gasteiger partial charge is 0.239 e. The van der Waals surface area contributed by atoms with E-state index >= 15 is 0 Å². The van der Waals surface area contributed by atoms with Crippen LogP contribution in [-0.4, -0.2) is 41.8 Å². The number of aromatic hydroxyl groups is 4. The summed E-state index contributed by atoms with van der Waals surface area (Å²) in [6.45, 7) is 0. The van der Waals surface area contributed by atoms with Gasteiger partial charge in [0.2, 0.25) is 22.7 Å². The third-order valence-electron chi connectivity index (χ3n) is 4.00. The minimum absolute atomic E-state index is 0.0600. The summed E-state index contributed by atoms with van der Waals surface area (Å²) in [5.41, 5.74) is -0.706. The van der Waals surface area contributed by atoms with Gasteiger partial charge in [0.1, 0.15) is 11.0 Å². The van der Waals surface area contributed by atoms with Crippen molar-refractivity contribution in [1.82, 2.24) is 0 Å². The lowest BCUT2D eigenvalue weighted by atomic mass is 10.1. The van der Waals surface area contributed by atoms with E-state index in [1.165, 1.54) is 27.4 Å². The molecule has 4 N–H and O–H groups in total. The fourth-order valence-electron chi connectivity index (χ4n) is 2.74. The number of hydrogen-bond donors (Lipinski definition) is 4. The average molecular weight is 376 g/mol. The van der Waals surface area contributed by atoms with Crippen LogP contribution in [0.15, 0.2) is 27.4 Å². The molecule has 0 unspecified atom stereocenters. The summed E-state index contributed by atoms with van der Waals surface area (Å²) in [6.07, 6.45) is 0. The van der Waals surface area contributed by atoms with E-state index in [0.717, 1.165) is 12.1 Å². The van der Waals surface area contributed by atoms with Crippen LogP contribution in [0.4, 0.5) is 0 Å². The summed E-state index contributed by atoms with van der Waals surface area (Å²) >= 11 is 0. The third-order valence-corrected chi connectivity index (χ3v) is 4.00. The third kappa shape index (κ3) is 2.69. The van der Waals surface area contributed by atoms with Crippen molar-refractivity contribution < 1.29 is 39.1 Å². The maximum absolute atomic E-state index is 12.8. The lowest BCUT2D eigenvalue weighted by molar-refractivity contribution is 0.345. The van der Waals surface area contributed by atoms with Crippen LogP contribution in [0.1, 0.15) is 0 Å². The molecular weight excluding hydrogens is 360 g/mol. The zero-order valence-corrected chi connectivity index (χ0v) is 14.6. The van der Waals surface area contributed by atoms with E-state index in [1.54, 1.807) is 0 Å². The molecule has 1 aromatic heterocycles. The van der Waals surface area contributed by atoms with Crippen LogP contribution in [0.2, 0.25) is 0 Å². The molecule has 9 heteroatoms. The number of rotatable bonds is 4. The number of hydrogen-bond acceptors (Lipinski definition) is 9. The van der Waals surface area contributed by atoms with Crippen molar-refractivity contribution >= 4 is 11.0 Å². The molecule has 0 aliphatic heterocycles. The van der Waals surface area contributed by atoms with Crippen LogP contribution in [-0.2, 0) is 0 Å². The molecule has 0 spiro atoms. The molecule has 9 nitrogen and oxygen atoms in total. The van der Waals surface area contributed by atoms with Crippen LogP contribution in [0, 0.1) is 0 Å². The standard InChI is InChI=1S/C18H16O9/c1-24-11-5-7(4-8(19)13(11)21)16-18(26-3)15(23)12-10(27-16)6-9(20)17(25-2)14(12)22/h4-6,19-22H,1-3H3. The number of phenolic OH excluding ortho intramolecular Hbond substituents is 4. The van der Waals surface area contributed by atoms with Gasteiger partial charge >= 0.3 is 0 Å². The maximum atomic E-state index is 12.8. The second kappa shape index (κ2) is 6.52. The average Bonchev–Trinajstić information content (AvgIpc) is 2.63. The molecule has 2 aromatic carbocycles. The minimum Gasteiger partial charge on any atom is -0.504 e. The van der Waals surface area contributed by atoms with Crippen molar-refractivity contribution in [2.75, 3.05) is 21.3 Å². The Hall–Kier alpha value is -3.75. The normalized spacial score (nSPS) is 10.8. The molecule has 0 amide bonds. The van der Waals surface area contributed by atoms with Gasteiger partial charge in [-0.15, -0.1) is 0 Å². The molecule has 3 aromatic rings. The lowest BCUT2D eigenvalue weighted by Gasteiger charge is -2.13. The zero-order valence-electron chi connectivity index (χ0n) is 14.6. The number of phenols is 4. The summed E-state index contributed by atoms with van der Waals surface area (Å²) in [5.74, 6) is -2.74. The molecule has 142 valence electrons. The van der Waals surface area contributed by atoms with E-state index in [1.807, 2.05) is 0 Å². The van der Waals surface area contributed by atoms with Crippen LogP contribution in [0.5, 0.6) is 40.2 Å². The number of fused-ring (bicyclic) bond motifs is 1. The molecule has 0 saturated heterocycles. The predicted molar refractivity (Wildman–Crippen MR) is 94.2 cm³/mol. The zero-order chi connectivity index (χ0) is 19.9. The first-order chi connectivity index (χ1) is 12.8. The molecule has 1 heterocycles. The van der Waals surface area contributed by atoms with E-state index in [0.29, 0.717) is 0 Å². The van der Waals surface area contributed by atoms with Crippen LogP contribution in [0.3, 0.4) is 0 Å². The summed E-state index contributed by atoms with van der Waals surface area (Å²) in [6, 6.07) is 3.58. The molecule has 0 fully saturated rings. The predicted octanol–water partition coefficient (Wildman–Crippen LogP) is 2.31. The first-order valence-corrected chi connectivity index (χ1v) is 7.58. The van der Waals surface area contributed by atoms with Gasteiger partial charge in [-0.25, -0.2) is 0 Å². The largest absolute Gasteiger partial charge is 0.504 e. The molecule has 0 bridgehead atoms. The van der Waals surface area contributed by atoms with Crippen molar-refractivity contribution in [3.05, 3.63) is 28.4 Å². The Morgan fingerprint density at radius 3 is 2.07 bits per heavy atom. The highest BCUT2D eigenvalue weighted by Crippen LogP contribution is 2.45. The van der Waals surface area contributed by atoms with Gasteiger partial charge in [0, 0.05) is 11.6 Å². The number of benzene rings is 2. The monoisotopic (exact) mass is 376 g/mol. The molecule has 27 heavy (non-hydrogen) atoms. The molecule has 0 aliphatic rings. The number of ether oxygens (including phenoxy) is 3. The SMILES string of the molecule is COc1cc(-c2oc3cc(O)c(OC)c(O)c3c(=O)c2OC)cc(O)c1O. The van der Waals surface area contributed by atoms with Gasteiger partial charge < -0.3 is 39.1 Å². The van der Waals surface area contributed by atoms with Crippen LogP contribution in [0.25, 0.3) is 22.3 Å². The van der Waals surface area contributed by atoms with E-state index in [9.17, 15) is 25.2 Å². The highest BCUT2D eigenvalue weighted by molar-refractivity contribution is 5.91. The highest BCUT2D eigenvalue weighted by atomic mass is 16.5. The Bertz CT molecular complexity index is 1100. The van der Waals surface area contributed by atoms with Gasteiger partial charge in [-0.3, -0.25) is 4.79 Å². The van der Waals surface area contributed by atoms with Crippen LogP contribution >= 0.6 is 0 Å². The van der Waals surface area contributed by atoms with Crippen molar-refractivity contribution in [1.29, 1.82) is 0 Å². The maximum Gasteiger partial charge on any atom is 0.239 e. The summed E-state index contributed by atoms with van der Waals surface area (Å²) in [5, 5.41) is 39.6. The first kappa shape index (κ1) is 18.1.